The lowest BCUT2D eigenvalue weighted by molar-refractivity contribution is 0.0120. The number of alkyl halides is 2. The number of nitrogens with zero attached hydrogens (tertiary/aromatic N) is 2. The van der Waals surface area contributed by atoms with Crippen LogP contribution in [0.2, 0.25) is 0 Å². The highest BCUT2D eigenvalue weighted by Crippen LogP contribution is 2.42. The van der Waals surface area contributed by atoms with Crippen molar-refractivity contribution in [2.45, 2.75) is 51.5 Å². The first-order valence-corrected chi connectivity index (χ1v) is 5.37. The van der Waals surface area contributed by atoms with Crippen molar-refractivity contribution in [2.24, 2.45) is 0 Å². The molecule has 0 saturated heterocycles. The molecule has 84 valence electrons. The fourth-order valence-electron chi connectivity index (χ4n) is 1.72. The van der Waals surface area contributed by atoms with E-state index in [1.807, 2.05) is 13.8 Å². The summed E-state index contributed by atoms with van der Waals surface area (Å²) in [6.07, 6.45) is 2.21. The quantitative estimate of drug-likeness (QED) is 0.753. The van der Waals surface area contributed by atoms with Gasteiger partial charge in [-0.15, -0.1) is 0 Å². The number of halogens is 2. The van der Waals surface area contributed by atoms with Gasteiger partial charge in [-0.1, -0.05) is 0 Å². The molecular weight excluding hydrogens is 198 g/mol. The molecule has 1 fully saturated rings. The van der Waals surface area contributed by atoms with Gasteiger partial charge in [0.2, 0.25) is 0 Å². The van der Waals surface area contributed by atoms with Crippen LogP contribution >= 0.6 is 0 Å². The minimum absolute atomic E-state index is 0.0990. The van der Waals surface area contributed by atoms with Gasteiger partial charge in [0.15, 0.2) is 0 Å². The smallest absolute Gasteiger partial charge is 0.266 e. The van der Waals surface area contributed by atoms with Gasteiger partial charge in [-0.3, -0.25) is 4.68 Å². The van der Waals surface area contributed by atoms with E-state index < -0.39 is 5.92 Å². The minimum atomic E-state index is -2.83. The molecule has 1 aromatic rings. The third-order valence-corrected chi connectivity index (χ3v) is 2.70. The van der Waals surface area contributed by atoms with Gasteiger partial charge in [-0.25, -0.2) is 0 Å². The molecule has 0 N–H and O–H groups in total. The van der Waals surface area contributed by atoms with Gasteiger partial charge in [-0.05, 0) is 32.8 Å². The maximum atomic E-state index is 13.1. The number of hydrogen-bond acceptors (Lipinski definition) is 1. The van der Waals surface area contributed by atoms with Crippen molar-refractivity contribution in [1.29, 1.82) is 0 Å². The molecule has 1 aliphatic rings. The Bertz CT molecular complexity index is 340. The molecule has 0 atom stereocenters. The zero-order chi connectivity index (χ0) is 11.2. The van der Waals surface area contributed by atoms with E-state index in [-0.39, 0.29) is 11.7 Å². The van der Waals surface area contributed by atoms with Crippen molar-refractivity contribution in [3.8, 4) is 0 Å². The number of hydrogen-bond donors (Lipinski definition) is 0. The van der Waals surface area contributed by atoms with Crippen molar-refractivity contribution in [2.75, 3.05) is 0 Å². The Hall–Kier alpha value is -0.930. The van der Waals surface area contributed by atoms with Crippen molar-refractivity contribution in [1.82, 2.24) is 9.78 Å². The van der Waals surface area contributed by atoms with Gasteiger partial charge in [0.05, 0.1) is 0 Å². The number of rotatable bonds is 3. The second-order valence-corrected chi connectivity index (χ2v) is 4.66. The summed E-state index contributed by atoms with van der Waals surface area (Å²) in [7, 11) is 0. The maximum absolute atomic E-state index is 13.1. The van der Waals surface area contributed by atoms with Crippen LogP contribution in [0.4, 0.5) is 8.78 Å². The lowest BCUT2D eigenvalue weighted by atomic mass is 10.2. The Labute approximate surface area is 88.3 Å². The second kappa shape index (κ2) is 3.29. The summed E-state index contributed by atoms with van der Waals surface area (Å²) in [5, 5.41) is 4.01. The van der Waals surface area contributed by atoms with Crippen molar-refractivity contribution in [3.63, 3.8) is 0 Å². The summed E-state index contributed by atoms with van der Waals surface area (Å²) in [5.41, 5.74) is 0.875. The molecular formula is C11H16F2N2. The van der Waals surface area contributed by atoms with Crippen molar-refractivity contribution in [3.05, 3.63) is 17.5 Å². The molecule has 0 bridgehead atoms. The average molecular weight is 214 g/mol. The Morgan fingerprint density at radius 1 is 1.47 bits per heavy atom. The SMILES string of the molecule is CC(C)n1nc(C(C)(F)F)cc1C1CC1. The van der Waals surface area contributed by atoms with Crippen LogP contribution < -0.4 is 0 Å². The fourth-order valence-corrected chi connectivity index (χ4v) is 1.72. The lowest BCUT2D eigenvalue weighted by Gasteiger charge is -2.10. The van der Waals surface area contributed by atoms with E-state index >= 15 is 0 Å². The first-order valence-electron chi connectivity index (χ1n) is 5.37. The van der Waals surface area contributed by atoms with Gasteiger partial charge in [0, 0.05) is 24.6 Å². The molecule has 0 radical (unpaired) electrons. The van der Waals surface area contributed by atoms with E-state index in [2.05, 4.69) is 5.10 Å². The molecule has 2 rings (SSSR count). The molecule has 1 heterocycles. The largest absolute Gasteiger partial charge is 0.288 e. The van der Waals surface area contributed by atoms with E-state index in [1.165, 1.54) is 0 Å². The molecule has 0 spiro atoms. The zero-order valence-electron chi connectivity index (χ0n) is 9.30. The van der Waals surface area contributed by atoms with Gasteiger partial charge in [0.25, 0.3) is 5.92 Å². The first-order chi connectivity index (χ1) is 6.89. The standard InChI is InChI=1S/C11H16F2N2/c1-7(2)15-9(8-4-5-8)6-10(14-15)11(3,12)13/h6-8H,4-5H2,1-3H3. The van der Waals surface area contributed by atoms with Gasteiger partial charge < -0.3 is 0 Å². The van der Waals surface area contributed by atoms with Crippen LogP contribution in [0.5, 0.6) is 0 Å². The van der Waals surface area contributed by atoms with E-state index in [4.69, 9.17) is 0 Å². The molecule has 2 nitrogen and oxygen atoms in total. The Morgan fingerprint density at radius 3 is 2.47 bits per heavy atom. The Morgan fingerprint density at radius 2 is 2.07 bits per heavy atom. The Balaban J connectivity index is 2.40. The normalized spacial score (nSPS) is 17.5. The summed E-state index contributed by atoms with van der Waals surface area (Å²) in [6.45, 7) is 4.84. The van der Waals surface area contributed by atoms with E-state index in [0.29, 0.717) is 5.92 Å². The predicted molar refractivity (Wildman–Crippen MR) is 54.2 cm³/mol. The van der Waals surface area contributed by atoms with E-state index in [9.17, 15) is 8.78 Å². The highest BCUT2D eigenvalue weighted by atomic mass is 19.3. The van der Waals surface area contributed by atoms with E-state index in [1.54, 1.807) is 10.7 Å². The average Bonchev–Trinajstić information content (AvgIpc) is 2.81. The van der Waals surface area contributed by atoms with Crippen LogP contribution in [0, 0.1) is 0 Å². The zero-order valence-corrected chi connectivity index (χ0v) is 9.30. The second-order valence-electron chi connectivity index (χ2n) is 4.66. The van der Waals surface area contributed by atoms with E-state index in [0.717, 1.165) is 25.5 Å². The van der Waals surface area contributed by atoms with Crippen LogP contribution in [-0.2, 0) is 5.92 Å². The van der Waals surface area contributed by atoms with Crippen LogP contribution in [0.3, 0.4) is 0 Å². The van der Waals surface area contributed by atoms with Gasteiger partial charge in [0.1, 0.15) is 5.69 Å². The summed E-state index contributed by atoms with van der Waals surface area (Å²) >= 11 is 0. The van der Waals surface area contributed by atoms with Gasteiger partial charge >= 0.3 is 0 Å². The first kappa shape index (κ1) is 10.6. The molecule has 1 aliphatic carbocycles. The summed E-state index contributed by atoms with van der Waals surface area (Å²) in [4.78, 5) is 0. The fraction of sp³-hybridized carbons (Fsp3) is 0.727. The summed E-state index contributed by atoms with van der Waals surface area (Å²) in [6, 6.07) is 1.72. The van der Waals surface area contributed by atoms with Crippen molar-refractivity contribution >= 4 is 0 Å². The monoisotopic (exact) mass is 214 g/mol. The van der Waals surface area contributed by atoms with Crippen LogP contribution in [0.25, 0.3) is 0 Å². The molecule has 0 unspecified atom stereocenters. The minimum Gasteiger partial charge on any atom is -0.266 e. The molecule has 4 heteroatoms. The highest BCUT2D eigenvalue weighted by molar-refractivity contribution is 5.22. The highest BCUT2D eigenvalue weighted by Gasteiger charge is 2.34. The molecule has 0 amide bonds. The van der Waals surface area contributed by atoms with Crippen LogP contribution in [0.15, 0.2) is 6.07 Å². The third-order valence-electron chi connectivity index (χ3n) is 2.70. The molecule has 1 saturated carbocycles. The summed E-state index contributed by atoms with van der Waals surface area (Å²) < 4.78 is 28.0. The predicted octanol–water partition coefficient (Wildman–Crippen LogP) is 3.45. The third kappa shape index (κ3) is 2.03. The van der Waals surface area contributed by atoms with Crippen LogP contribution in [-0.4, -0.2) is 9.78 Å². The lowest BCUT2D eigenvalue weighted by Crippen LogP contribution is -2.11. The number of aromatic nitrogens is 2. The molecule has 0 aliphatic heterocycles. The van der Waals surface area contributed by atoms with Gasteiger partial charge in [-0.2, -0.15) is 13.9 Å². The maximum Gasteiger partial charge on any atom is 0.288 e. The molecule has 15 heavy (non-hydrogen) atoms. The Kier molecular flexibility index (Phi) is 2.32. The summed E-state index contributed by atoms with van der Waals surface area (Å²) in [5.74, 6) is -2.37. The van der Waals surface area contributed by atoms with Crippen molar-refractivity contribution < 1.29 is 8.78 Å². The molecule has 0 aromatic carbocycles. The van der Waals surface area contributed by atoms with Crippen LogP contribution in [0.1, 0.15) is 57.0 Å². The topological polar surface area (TPSA) is 17.8 Å². The molecule has 1 aromatic heterocycles.